The molecule has 2 amide bonds. The first-order valence-electron chi connectivity index (χ1n) is 8.89. The Labute approximate surface area is 183 Å². The van der Waals surface area contributed by atoms with E-state index in [4.69, 9.17) is 27.9 Å². The summed E-state index contributed by atoms with van der Waals surface area (Å²) in [5, 5.41) is 14.7. The van der Waals surface area contributed by atoms with Crippen LogP contribution in [0.3, 0.4) is 0 Å². The first kappa shape index (κ1) is 23.4. The van der Waals surface area contributed by atoms with Crippen molar-refractivity contribution < 1.29 is 24.2 Å². The Balaban J connectivity index is 2.04. The van der Waals surface area contributed by atoms with Crippen molar-refractivity contribution in [2.75, 3.05) is 5.32 Å². The predicted molar refractivity (Wildman–Crippen MR) is 113 cm³/mol. The number of amides is 2. The van der Waals surface area contributed by atoms with Crippen LogP contribution >= 0.6 is 23.2 Å². The molecule has 1 aromatic heterocycles. The van der Waals surface area contributed by atoms with Crippen LogP contribution in [0.4, 0.5) is 10.6 Å². The van der Waals surface area contributed by atoms with E-state index in [1.807, 2.05) is 0 Å². The van der Waals surface area contributed by atoms with Crippen LogP contribution in [0.2, 0.25) is 10.0 Å². The molecule has 160 valence electrons. The molecule has 0 saturated carbocycles. The molecule has 8 nitrogen and oxygen atoms in total. The Morgan fingerprint density at radius 1 is 1.13 bits per heavy atom. The van der Waals surface area contributed by atoms with Crippen molar-refractivity contribution in [3.8, 4) is 0 Å². The third-order valence-corrected chi connectivity index (χ3v) is 4.31. The summed E-state index contributed by atoms with van der Waals surface area (Å²) in [6.07, 6.45) is 0.547. The number of carboxylic acids is 1. The minimum Gasteiger partial charge on any atom is -0.480 e. The van der Waals surface area contributed by atoms with Gasteiger partial charge in [-0.25, -0.2) is 14.6 Å². The molecule has 2 aromatic rings. The van der Waals surface area contributed by atoms with Crippen LogP contribution in [-0.2, 0) is 16.0 Å². The molecule has 0 fully saturated rings. The number of aliphatic carboxylic acids is 1. The molecule has 1 atom stereocenters. The van der Waals surface area contributed by atoms with Gasteiger partial charge in [0, 0.05) is 12.6 Å². The molecule has 1 aromatic carbocycles. The normalized spacial score (nSPS) is 12.0. The van der Waals surface area contributed by atoms with E-state index < -0.39 is 29.6 Å². The highest BCUT2D eigenvalue weighted by Gasteiger charge is 2.24. The lowest BCUT2D eigenvalue weighted by molar-refractivity contribution is -0.139. The molecular formula is C20H21Cl2N3O5. The number of carbonyl (C=O) groups is 3. The van der Waals surface area contributed by atoms with Crippen molar-refractivity contribution in [3.05, 3.63) is 57.7 Å². The smallest absolute Gasteiger partial charge is 0.408 e. The van der Waals surface area contributed by atoms with Gasteiger partial charge in [-0.05, 0) is 44.5 Å². The van der Waals surface area contributed by atoms with E-state index >= 15 is 0 Å². The SMILES string of the molecule is CC(C)(C)OC(=O)N[C@@H](Cc1ccc(NC(=O)c2c(Cl)cccc2Cl)nc1)C(=O)O. The standard InChI is InChI=1S/C20H21Cl2N3O5/c1-20(2,3)30-19(29)24-14(18(27)28)9-11-7-8-15(23-10-11)25-17(26)16-12(21)5-4-6-13(16)22/h4-8,10,14H,9H2,1-3H3,(H,24,29)(H,27,28)(H,23,25,26)/t14-/m0/s1. The lowest BCUT2D eigenvalue weighted by atomic mass is 10.1. The largest absolute Gasteiger partial charge is 0.480 e. The van der Waals surface area contributed by atoms with Crippen LogP contribution in [0.1, 0.15) is 36.7 Å². The molecule has 0 aliphatic rings. The van der Waals surface area contributed by atoms with Gasteiger partial charge in [-0.1, -0.05) is 35.3 Å². The maximum Gasteiger partial charge on any atom is 0.408 e. The van der Waals surface area contributed by atoms with Crippen LogP contribution in [0.25, 0.3) is 0 Å². The van der Waals surface area contributed by atoms with E-state index in [0.29, 0.717) is 5.56 Å². The fourth-order valence-electron chi connectivity index (χ4n) is 2.40. The van der Waals surface area contributed by atoms with E-state index in [1.54, 1.807) is 45.0 Å². The molecular weight excluding hydrogens is 433 g/mol. The lowest BCUT2D eigenvalue weighted by Crippen LogP contribution is -2.44. The zero-order valence-corrected chi connectivity index (χ0v) is 18.0. The second-order valence-corrected chi connectivity index (χ2v) is 8.16. The number of aromatic nitrogens is 1. The molecule has 1 heterocycles. The van der Waals surface area contributed by atoms with Gasteiger partial charge in [-0.15, -0.1) is 0 Å². The van der Waals surface area contributed by atoms with Crippen molar-refractivity contribution in [1.29, 1.82) is 0 Å². The number of hydrogen-bond donors (Lipinski definition) is 3. The summed E-state index contributed by atoms with van der Waals surface area (Å²) in [7, 11) is 0. The number of anilines is 1. The molecule has 0 radical (unpaired) electrons. The third-order valence-electron chi connectivity index (χ3n) is 3.69. The minimum atomic E-state index is -1.22. The fraction of sp³-hybridized carbons (Fsp3) is 0.300. The zero-order chi connectivity index (χ0) is 22.5. The summed E-state index contributed by atoms with van der Waals surface area (Å²) >= 11 is 12.0. The van der Waals surface area contributed by atoms with Gasteiger partial charge < -0.3 is 20.5 Å². The number of hydrogen-bond acceptors (Lipinski definition) is 5. The first-order valence-corrected chi connectivity index (χ1v) is 9.64. The Morgan fingerprint density at radius 3 is 2.27 bits per heavy atom. The molecule has 0 aliphatic heterocycles. The van der Waals surface area contributed by atoms with Gasteiger partial charge in [-0.2, -0.15) is 0 Å². The fourth-order valence-corrected chi connectivity index (χ4v) is 2.97. The number of nitrogens with one attached hydrogen (secondary N) is 2. The lowest BCUT2D eigenvalue weighted by Gasteiger charge is -2.22. The molecule has 0 unspecified atom stereocenters. The topological polar surface area (TPSA) is 118 Å². The molecule has 3 N–H and O–H groups in total. The summed E-state index contributed by atoms with van der Waals surface area (Å²) in [5.74, 6) is -1.51. The van der Waals surface area contributed by atoms with Gasteiger partial charge in [0.2, 0.25) is 0 Å². The number of halogens is 2. The first-order chi connectivity index (χ1) is 14.0. The minimum absolute atomic E-state index is 0.0217. The average Bonchev–Trinajstić information content (AvgIpc) is 2.61. The van der Waals surface area contributed by atoms with Crippen molar-refractivity contribution in [1.82, 2.24) is 10.3 Å². The maximum absolute atomic E-state index is 12.4. The summed E-state index contributed by atoms with van der Waals surface area (Å²) in [6.45, 7) is 5.03. The van der Waals surface area contributed by atoms with Gasteiger partial charge in [0.25, 0.3) is 5.91 Å². The number of carbonyl (C=O) groups excluding carboxylic acids is 2. The Kier molecular flexibility index (Phi) is 7.64. The second kappa shape index (κ2) is 9.77. The highest BCUT2D eigenvalue weighted by atomic mass is 35.5. The Bertz CT molecular complexity index is 922. The summed E-state index contributed by atoms with van der Waals surface area (Å²) < 4.78 is 5.08. The molecule has 0 bridgehead atoms. The van der Waals surface area contributed by atoms with Gasteiger partial charge in [0.05, 0.1) is 15.6 Å². The Hall–Kier alpha value is -2.84. The molecule has 10 heteroatoms. The number of alkyl carbamates (subject to hydrolysis) is 1. The highest BCUT2D eigenvalue weighted by molar-refractivity contribution is 6.40. The van der Waals surface area contributed by atoms with E-state index in [1.165, 1.54) is 12.3 Å². The number of carboxylic acid groups (broad SMARTS) is 1. The van der Waals surface area contributed by atoms with E-state index in [0.717, 1.165) is 0 Å². The predicted octanol–water partition coefficient (Wildman–Crippen LogP) is 4.16. The maximum atomic E-state index is 12.4. The molecule has 0 spiro atoms. The van der Waals surface area contributed by atoms with Crippen LogP contribution in [0.15, 0.2) is 36.5 Å². The van der Waals surface area contributed by atoms with Crippen LogP contribution < -0.4 is 10.6 Å². The average molecular weight is 454 g/mol. The highest BCUT2D eigenvalue weighted by Crippen LogP contribution is 2.25. The number of benzene rings is 1. The van der Waals surface area contributed by atoms with Gasteiger partial charge in [0.1, 0.15) is 17.5 Å². The molecule has 0 aliphatic carbocycles. The second-order valence-electron chi connectivity index (χ2n) is 7.34. The van der Waals surface area contributed by atoms with Crippen molar-refractivity contribution in [3.63, 3.8) is 0 Å². The number of nitrogens with zero attached hydrogens (tertiary/aromatic N) is 1. The summed E-state index contributed by atoms with van der Waals surface area (Å²) in [6, 6.07) is 6.60. The molecule has 2 rings (SSSR count). The zero-order valence-electron chi connectivity index (χ0n) is 16.5. The van der Waals surface area contributed by atoms with Crippen molar-refractivity contribution in [2.24, 2.45) is 0 Å². The van der Waals surface area contributed by atoms with E-state index in [-0.39, 0.29) is 27.8 Å². The van der Waals surface area contributed by atoms with Gasteiger partial charge in [0.15, 0.2) is 0 Å². The third kappa shape index (κ3) is 6.89. The van der Waals surface area contributed by atoms with Gasteiger partial charge >= 0.3 is 12.1 Å². The van der Waals surface area contributed by atoms with E-state index in [9.17, 15) is 19.5 Å². The Morgan fingerprint density at radius 2 is 1.77 bits per heavy atom. The van der Waals surface area contributed by atoms with Crippen LogP contribution in [-0.4, -0.2) is 39.7 Å². The van der Waals surface area contributed by atoms with Crippen molar-refractivity contribution in [2.45, 2.75) is 38.8 Å². The van der Waals surface area contributed by atoms with E-state index in [2.05, 4.69) is 15.6 Å². The monoisotopic (exact) mass is 453 g/mol. The molecule has 0 saturated heterocycles. The summed E-state index contributed by atoms with van der Waals surface area (Å²) in [5.41, 5.74) is -0.0922. The van der Waals surface area contributed by atoms with Crippen molar-refractivity contribution >= 4 is 47.0 Å². The summed E-state index contributed by atoms with van der Waals surface area (Å²) in [4.78, 5) is 39.8. The number of pyridine rings is 1. The van der Waals surface area contributed by atoms with Gasteiger partial charge in [-0.3, -0.25) is 4.79 Å². The molecule has 30 heavy (non-hydrogen) atoms. The number of rotatable bonds is 6. The quantitative estimate of drug-likeness (QED) is 0.604. The number of ether oxygens (including phenoxy) is 1. The van der Waals surface area contributed by atoms with Crippen LogP contribution in [0, 0.1) is 0 Å². The van der Waals surface area contributed by atoms with Crippen LogP contribution in [0.5, 0.6) is 0 Å².